The van der Waals surface area contributed by atoms with E-state index in [2.05, 4.69) is 24.4 Å². The Labute approximate surface area is 78.6 Å². The zero-order chi connectivity index (χ0) is 8.81. The first-order valence-corrected chi connectivity index (χ1v) is 5.51. The molecular weight excluding hydrogens is 166 g/mol. The van der Waals surface area contributed by atoms with E-state index in [1.807, 2.05) is 0 Å². The fourth-order valence-corrected chi connectivity index (χ4v) is 2.02. The molecule has 68 valence electrons. The first-order valence-electron chi connectivity index (χ1n) is 4.63. The summed E-state index contributed by atoms with van der Waals surface area (Å²) in [5.74, 6) is 0. The second-order valence-corrected chi connectivity index (χ2v) is 4.10. The van der Waals surface area contributed by atoms with Crippen LogP contribution in [0.5, 0.6) is 0 Å². The third kappa shape index (κ3) is 2.95. The molecule has 1 nitrogen and oxygen atoms in total. The Morgan fingerprint density at radius 3 is 2.92 bits per heavy atom. The molecule has 0 bridgehead atoms. The SMILES string of the molecule is CCCCC[C@H](N)c1cccs1. The lowest BCUT2D eigenvalue weighted by atomic mass is 10.1. The Balaban J connectivity index is 2.25. The lowest BCUT2D eigenvalue weighted by molar-refractivity contribution is 0.587. The Kier molecular flexibility index (Phi) is 4.33. The lowest BCUT2D eigenvalue weighted by Crippen LogP contribution is -2.07. The third-order valence-electron chi connectivity index (χ3n) is 2.03. The molecule has 0 spiro atoms. The van der Waals surface area contributed by atoms with Gasteiger partial charge in [-0.15, -0.1) is 11.3 Å². The second-order valence-electron chi connectivity index (χ2n) is 3.12. The van der Waals surface area contributed by atoms with Crippen LogP contribution >= 0.6 is 11.3 Å². The van der Waals surface area contributed by atoms with Gasteiger partial charge in [0.25, 0.3) is 0 Å². The summed E-state index contributed by atoms with van der Waals surface area (Å²) in [5.41, 5.74) is 5.99. The summed E-state index contributed by atoms with van der Waals surface area (Å²) in [6, 6.07) is 4.47. The first-order chi connectivity index (χ1) is 5.84. The highest BCUT2D eigenvalue weighted by Gasteiger charge is 2.05. The summed E-state index contributed by atoms with van der Waals surface area (Å²) in [4.78, 5) is 1.33. The average Bonchev–Trinajstić information content (AvgIpc) is 2.56. The summed E-state index contributed by atoms with van der Waals surface area (Å²) in [6.45, 7) is 2.22. The summed E-state index contributed by atoms with van der Waals surface area (Å²) in [5, 5.41) is 2.09. The summed E-state index contributed by atoms with van der Waals surface area (Å²) in [6.07, 6.45) is 4.97. The molecule has 1 aromatic heterocycles. The van der Waals surface area contributed by atoms with Crippen molar-refractivity contribution in [3.8, 4) is 0 Å². The maximum Gasteiger partial charge on any atom is 0.0389 e. The summed E-state index contributed by atoms with van der Waals surface area (Å²) >= 11 is 1.76. The quantitative estimate of drug-likeness (QED) is 0.696. The molecule has 1 rings (SSSR count). The zero-order valence-corrected chi connectivity index (χ0v) is 8.44. The van der Waals surface area contributed by atoms with Crippen LogP contribution in [0.15, 0.2) is 17.5 Å². The van der Waals surface area contributed by atoms with E-state index >= 15 is 0 Å². The van der Waals surface area contributed by atoms with Crippen LogP contribution in [0.3, 0.4) is 0 Å². The van der Waals surface area contributed by atoms with Gasteiger partial charge in [-0.1, -0.05) is 32.3 Å². The van der Waals surface area contributed by atoms with E-state index in [1.54, 1.807) is 11.3 Å². The smallest absolute Gasteiger partial charge is 0.0389 e. The van der Waals surface area contributed by atoms with Crippen LogP contribution in [0.1, 0.15) is 43.5 Å². The minimum absolute atomic E-state index is 0.275. The van der Waals surface area contributed by atoms with E-state index in [4.69, 9.17) is 5.73 Å². The molecule has 0 aliphatic carbocycles. The van der Waals surface area contributed by atoms with Crippen LogP contribution in [-0.4, -0.2) is 0 Å². The average molecular weight is 183 g/mol. The largest absolute Gasteiger partial charge is 0.323 e. The van der Waals surface area contributed by atoms with Gasteiger partial charge in [-0.05, 0) is 17.9 Å². The number of unbranched alkanes of at least 4 members (excludes halogenated alkanes) is 2. The number of nitrogens with two attached hydrogens (primary N) is 1. The van der Waals surface area contributed by atoms with E-state index in [1.165, 1.54) is 24.1 Å². The van der Waals surface area contributed by atoms with Crippen molar-refractivity contribution >= 4 is 11.3 Å². The van der Waals surface area contributed by atoms with Gasteiger partial charge in [-0.3, -0.25) is 0 Å². The standard InChI is InChI=1S/C10H17NS/c1-2-3-4-6-9(11)10-7-5-8-12-10/h5,7-9H,2-4,6,11H2,1H3/t9-/m0/s1. The Morgan fingerprint density at radius 2 is 2.33 bits per heavy atom. The van der Waals surface area contributed by atoms with Gasteiger partial charge in [0.1, 0.15) is 0 Å². The van der Waals surface area contributed by atoms with Crippen molar-refractivity contribution in [2.24, 2.45) is 5.73 Å². The molecule has 0 amide bonds. The van der Waals surface area contributed by atoms with E-state index < -0.39 is 0 Å². The normalized spacial score (nSPS) is 13.2. The van der Waals surface area contributed by atoms with E-state index in [-0.39, 0.29) is 6.04 Å². The molecule has 0 fully saturated rings. The van der Waals surface area contributed by atoms with Crippen molar-refractivity contribution in [2.45, 2.75) is 38.6 Å². The van der Waals surface area contributed by atoms with Gasteiger partial charge < -0.3 is 5.73 Å². The van der Waals surface area contributed by atoms with Gasteiger partial charge in [0.15, 0.2) is 0 Å². The monoisotopic (exact) mass is 183 g/mol. The predicted octanol–water partition coefficient (Wildman–Crippen LogP) is 3.33. The van der Waals surface area contributed by atoms with Crippen LogP contribution in [0.2, 0.25) is 0 Å². The van der Waals surface area contributed by atoms with Gasteiger partial charge in [-0.2, -0.15) is 0 Å². The minimum atomic E-state index is 0.275. The fraction of sp³-hybridized carbons (Fsp3) is 0.600. The molecule has 2 N–H and O–H groups in total. The first kappa shape index (κ1) is 9.75. The molecule has 0 aromatic carbocycles. The molecule has 0 aliphatic heterocycles. The number of hydrogen-bond donors (Lipinski definition) is 1. The molecule has 1 aromatic rings. The predicted molar refractivity (Wildman–Crippen MR) is 55.4 cm³/mol. The Hall–Kier alpha value is -0.340. The highest BCUT2D eigenvalue weighted by Crippen LogP contribution is 2.21. The van der Waals surface area contributed by atoms with Crippen LogP contribution in [0.25, 0.3) is 0 Å². The maximum absolute atomic E-state index is 5.99. The van der Waals surface area contributed by atoms with Crippen molar-refractivity contribution in [2.75, 3.05) is 0 Å². The number of hydrogen-bond acceptors (Lipinski definition) is 2. The van der Waals surface area contributed by atoms with Crippen LogP contribution in [-0.2, 0) is 0 Å². The lowest BCUT2D eigenvalue weighted by Gasteiger charge is -2.07. The fourth-order valence-electron chi connectivity index (χ4n) is 1.26. The molecule has 1 atom stereocenters. The Bertz CT molecular complexity index is 194. The summed E-state index contributed by atoms with van der Waals surface area (Å²) in [7, 11) is 0. The molecule has 0 radical (unpaired) electrons. The molecular formula is C10H17NS. The van der Waals surface area contributed by atoms with Gasteiger partial charge >= 0.3 is 0 Å². The van der Waals surface area contributed by atoms with E-state index in [0.717, 1.165) is 6.42 Å². The van der Waals surface area contributed by atoms with Gasteiger partial charge in [0.05, 0.1) is 0 Å². The minimum Gasteiger partial charge on any atom is -0.323 e. The van der Waals surface area contributed by atoms with Crippen molar-refractivity contribution < 1.29 is 0 Å². The highest BCUT2D eigenvalue weighted by molar-refractivity contribution is 7.10. The highest BCUT2D eigenvalue weighted by atomic mass is 32.1. The van der Waals surface area contributed by atoms with Crippen molar-refractivity contribution in [1.82, 2.24) is 0 Å². The zero-order valence-electron chi connectivity index (χ0n) is 7.62. The van der Waals surface area contributed by atoms with Gasteiger partial charge in [0.2, 0.25) is 0 Å². The van der Waals surface area contributed by atoms with Crippen LogP contribution in [0, 0.1) is 0 Å². The molecule has 12 heavy (non-hydrogen) atoms. The second kappa shape index (κ2) is 5.33. The van der Waals surface area contributed by atoms with Crippen molar-refractivity contribution in [3.05, 3.63) is 22.4 Å². The number of rotatable bonds is 5. The summed E-state index contributed by atoms with van der Waals surface area (Å²) < 4.78 is 0. The van der Waals surface area contributed by atoms with Crippen molar-refractivity contribution in [3.63, 3.8) is 0 Å². The number of thiophene rings is 1. The molecule has 0 saturated carbocycles. The Morgan fingerprint density at radius 1 is 1.50 bits per heavy atom. The van der Waals surface area contributed by atoms with Crippen LogP contribution < -0.4 is 5.73 Å². The molecule has 0 unspecified atom stereocenters. The third-order valence-corrected chi connectivity index (χ3v) is 3.03. The topological polar surface area (TPSA) is 26.0 Å². The molecule has 1 heterocycles. The van der Waals surface area contributed by atoms with Crippen molar-refractivity contribution in [1.29, 1.82) is 0 Å². The van der Waals surface area contributed by atoms with Gasteiger partial charge in [-0.25, -0.2) is 0 Å². The van der Waals surface area contributed by atoms with E-state index in [0.29, 0.717) is 0 Å². The molecule has 0 saturated heterocycles. The maximum atomic E-state index is 5.99. The van der Waals surface area contributed by atoms with E-state index in [9.17, 15) is 0 Å². The molecule has 0 aliphatic rings. The molecule has 2 heteroatoms. The van der Waals surface area contributed by atoms with Gasteiger partial charge in [0, 0.05) is 10.9 Å². The van der Waals surface area contributed by atoms with Crippen LogP contribution in [0.4, 0.5) is 0 Å².